The number of hydrogen-bond donors (Lipinski definition) is 2. The average Bonchev–Trinajstić information content (AvgIpc) is 2.28. The van der Waals surface area contributed by atoms with Crippen LogP contribution in [0, 0.1) is 6.92 Å². The summed E-state index contributed by atoms with van der Waals surface area (Å²) in [4.78, 5) is 11.5. The minimum Gasteiger partial charge on any atom is -0.352 e. The molecule has 3 nitrogen and oxygen atoms in total. The van der Waals surface area contributed by atoms with Crippen LogP contribution in [-0.4, -0.2) is 19.5 Å². The fourth-order valence-electron chi connectivity index (χ4n) is 1.57. The van der Waals surface area contributed by atoms with Gasteiger partial charge < -0.3 is 10.6 Å². The molecule has 0 atom stereocenters. The number of nitrogens with one attached hydrogen (secondary N) is 2. The number of benzene rings is 1. The van der Waals surface area contributed by atoms with E-state index in [9.17, 15) is 4.79 Å². The molecule has 5 heteroatoms. The fraction of sp³-hybridized carbons (Fsp3) is 0.462. The zero-order chi connectivity index (χ0) is 12.7. The number of carbonyl (C=O) groups is 1. The van der Waals surface area contributed by atoms with E-state index >= 15 is 0 Å². The molecule has 0 unspecified atom stereocenters. The van der Waals surface area contributed by atoms with Gasteiger partial charge in [0.15, 0.2) is 0 Å². The van der Waals surface area contributed by atoms with Crippen LogP contribution in [0.2, 0.25) is 0 Å². The van der Waals surface area contributed by atoms with E-state index in [-0.39, 0.29) is 18.3 Å². The van der Waals surface area contributed by atoms with E-state index in [0.29, 0.717) is 13.0 Å². The van der Waals surface area contributed by atoms with Crippen LogP contribution in [0.5, 0.6) is 0 Å². The zero-order valence-electron chi connectivity index (χ0n) is 10.8. The minimum absolute atomic E-state index is 0. The zero-order valence-corrected chi connectivity index (χ0v) is 13.2. The van der Waals surface area contributed by atoms with Crippen LogP contribution in [0.25, 0.3) is 0 Å². The van der Waals surface area contributed by atoms with Crippen molar-refractivity contribution in [3.05, 3.63) is 33.8 Å². The van der Waals surface area contributed by atoms with E-state index in [1.54, 1.807) is 0 Å². The maximum Gasteiger partial charge on any atom is 0.220 e. The van der Waals surface area contributed by atoms with Gasteiger partial charge >= 0.3 is 0 Å². The van der Waals surface area contributed by atoms with Gasteiger partial charge in [-0.15, -0.1) is 12.4 Å². The number of hydrogen-bond acceptors (Lipinski definition) is 2. The van der Waals surface area contributed by atoms with Crippen molar-refractivity contribution in [2.75, 3.05) is 13.6 Å². The van der Waals surface area contributed by atoms with Crippen LogP contribution < -0.4 is 10.6 Å². The summed E-state index contributed by atoms with van der Waals surface area (Å²) >= 11 is 3.42. The Kier molecular flexibility index (Phi) is 9.06. The van der Waals surface area contributed by atoms with E-state index in [4.69, 9.17) is 0 Å². The molecule has 0 aliphatic heterocycles. The predicted molar refractivity (Wildman–Crippen MR) is 81.1 cm³/mol. The first-order valence-corrected chi connectivity index (χ1v) is 6.59. The third-order valence-corrected chi connectivity index (χ3v) is 3.10. The molecule has 0 saturated carbocycles. The lowest BCUT2D eigenvalue weighted by Gasteiger charge is -2.08. The molecule has 2 N–H and O–H groups in total. The Labute approximate surface area is 123 Å². The van der Waals surface area contributed by atoms with Crippen molar-refractivity contribution in [1.29, 1.82) is 0 Å². The number of carbonyl (C=O) groups excluding carboxylic acids is 1. The summed E-state index contributed by atoms with van der Waals surface area (Å²) in [5.74, 6) is 0.113. The largest absolute Gasteiger partial charge is 0.352 e. The molecule has 0 radical (unpaired) electrons. The highest BCUT2D eigenvalue weighted by molar-refractivity contribution is 9.10. The molecule has 0 aliphatic rings. The summed E-state index contributed by atoms with van der Waals surface area (Å²) in [6.45, 7) is 3.54. The highest BCUT2D eigenvalue weighted by atomic mass is 79.9. The first kappa shape index (κ1) is 17.4. The third kappa shape index (κ3) is 6.38. The van der Waals surface area contributed by atoms with Crippen molar-refractivity contribution in [2.45, 2.75) is 26.3 Å². The van der Waals surface area contributed by atoms with Crippen LogP contribution in [0.4, 0.5) is 0 Å². The van der Waals surface area contributed by atoms with E-state index < -0.39 is 0 Å². The molecule has 0 saturated heterocycles. The third-order valence-electron chi connectivity index (χ3n) is 2.61. The van der Waals surface area contributed by atoms with Gasteiger partial charge in [0.25, 0.3) is 0 Å². The number of amides is 1. The molecule has 1 rings (SSSR count). The molecule has 1 amide bonds. The van der Waals surface area contributed by atoms with E-state index in [0.717, 1.165) is 23.0 Å². The Hall–Kier alpha value is -0.580. The van der Waals surface area contributed by atoms with Gasteiger partial charge in [-0.25, -0.2) is 0 Å². The molecule has 1 aromatic carbocycles. The van der Waals surface area contributed by atoms with Crippen molar-refractivity contribution < 1.29 is 4.79 Å². The minimum atomic E-state index is 0. The van der Waals surface area contributed by atoms with Gasteiger partial charge in [0.05, 0.1) is 0 Å². The van der Waals surface area contributed by atoms with Crippen LogP contribution >= 0.6 is 28.3 Å². The van der Waals surface area contributed by atoms with Crippen LogP contribution in [0.3, 0.4) is 0 Å². The quantitative estimate of drug-likeness (QED) is 0.785. The van der Waals surface area contributed by atoms with Gasteiger partial charge in [-0.3, -0.25) is 4.79 Å². The Morgan fingerprint density at radius 2 is 2.11 bits per heavy atom. The molecular formula is C13H20BrClN2O. The lowest BCUT2D eigenvalue weighted by atomic mass is 10.1. The van der Waals surface area contributed by atoms with Crippen molar-refractivity contribution in [3.63, 3.8) is 0 Å². The molecule has 0 bridgehead atoms. The van der Waals surface area contributed by atoms with Gasteiger partial charge in [0.1, 0.15) is 0 Å². The first-order valence-electron chi connectivity index (χ1n) is 5.80. The summed E-state index contributed by atoms with van der Waals surface area (Å²) < 4.78 is 1.07. The van der Waals surface area contributed by atoms with E-state index in [1.807, 2.05) is 26.1 Å². The molecule has 1 aromatic rings. The van der Waals surface area contributed by atoms with E-state index in [1.165, 1.54) is 5.56 Å². The van der Waals surface area contributed by atoms with Gasteiger partial charge in [0.2, 0.25) is 5.91 Å². The Morgan fingerprint density at radius 1 is 1.39 bits per heavy atom. The second-order valence-corrected chi connectivity index (χ2v) is 4.97. The van der Waals surface area contributed by atoms with Crippen molar-refractivity contribution in [1.82, 2.24) is 10.6 Å². The van der Waals surface area contributed by atoms with Crippen LogP contribution in [-0.2, 0) is 11.3 Å². The predicted octanol–water partition coefficient (Wildman–Crippen LogP) is 2.80. The van der Waals surface area contributed by atoms with Crippen LogP contribution in [0.15, 0.2) is 22.7 Å². The molecule has 0 spiro atoms. The first-order chi connectivity index (χ1) is 8.13. The Morgan fingerprint density at radius 3 is 2.72 bits per heavy atom. The maximum atomic E-state index is 11.5. The van der Waals surface area contributed by atoms with Crippen molar-refractivity contribution in [2.24, 2.45) is 0 Å². The van der Waals surface area contributed by atoms with E-state index in [2.05, 4.69) is 32.6 Å². The highest BCUT2D eigenvalue weighted by Gasteiger charge is 2.03. The molecular weight excluding hydrogens is 316 g/mol. The summed E-state index contributed by atoms with van der Waals surface area (Å²) in [5, 5.41) is 5.96. The fourth-order valence-corrected chi connectivity index (χ4v) is 2.04. The Bertz CT molecular complexity index is 385. The number of aryl methyl sites for hydroxylation is 1. The summed E-state index contributed by atoms with van der Waals surface area (Å²) in [5.41, 5.74) is 2.35. The maximum absolute atomic E-state index is 11.5. The second-order valence-electron chi connectivity index (χ2n) is 4.05. The normalized spacial score (nSPS) is 9.72. The van der Waals surface area contributed by atoms with Crippen LogP contribution in [0.1, 0.15) is 24.0 Å². The lowest BCUT2D eigenvalue weighted by Crippen LogP contribution is -2.24. The van der Waals surface area contributed by atoms with Crippen molar-refractivity contribution >= 4 is 34.2 Å². The van der Waals surface area contributed by atoms with Crippen molar-refractivity contribution in [3.8, 4) is 0 Å². The molecule has 0 aromatic heterocycles. The van der Waals surface area contributed by atoms with Gasteiger partial charge in [0, 0.05) is 17.4 Å². The second kappa shape index (κ2) is 9.36. The monoisotopic (exact) mass is 334 g/mol. The average molecular weight is 336 g/mol. The smallest absolute Gasteiger partial charge is 0.220 e. The SMILES string of the molecule is CNCCCC(=O)NCc1ccc(Br)cc1C.Cl. The number of rotatable bonds is 6. The summed E-state index contributed by atoms with van der Waals surface area (Å²) in [7, 11) is 1.89. The molecule has 0 fully saturated rings. The van der Waals surface area contributed by atoms with Gasteiger partial charge in [-0.2, -0.15) is 0 Å². The highest BCUT2D eigenvalue weighted by Crippen LogP contribution is 2.15. The topological polar surface area (TPSA) is 41.1 Å². The summed E-state index contributed by atoms with van der Waals surface area (Å²) in [6.07, 6.45) is 1.46. The Balaban J connectivity index is 0.00000289. The lowest BCUT2D eigenvalue weighted by molar-refractivity contribution is -0.121. The molecule has 0 aliphatic carbocycles. The molecule has 18 heavy (non-hydrogen) atoms. The summed E-state index contributed by atoms with van der Waals surface area (Å²) in [6, 6.07) is 6.09. The molecule has 0 heterocycles. The molecule has 102 valence electrons. The van der Waals surface area contributed by atoms with Gasteiger partial charge in [-0.1, -0.05) is 22.0 Å². The number of halogens is 2. The standard InChI is InChI=1S/C13H19BrN2O.ClH/c1-10-8-12(14)6-5-11(10)9-16-13(17)4-3-7-15-2;/h5-6,8,15H,3-4,7,9H2,1-2H3,(H,16,17);1H. The van der Waals surface area contributed by atoms with Gasteiger partial charge in [-0.05, 0) is 50.2 Å².